The molecule has 6 heteroatoms. The van der Waals surface area contributed by atoms with Gasteiger partial charge in [0.25, 0.3) is 0 Å². The van der Waals surface area contributed by atoms with Crippen molar-refractivity contribution in [3.8, 4) is 5.75 Å². The van der Waals surface area contributed by atoms with E-state index < -0.39 is 0 Å². The molecule has 1 aromatic carbocycles. The number of hydrogen-bond acceptors (Lipinski definition) is 4. The first kappa shape index (κ1) is 16.5. The van der Waals surface area contributed by atoms with Gasteiger partial charge in [-0.25, -0.2) is 0 Å². The van der Waals surface area contributed by atoms with Crippen LogP contribution < -0.4 is 15.4 Å². The van der Waals surface area contributed by atoms with Crippen LogP contribution in [0.15, 0.2) is 24.3 Å². The molecule has 1 aliphatic carbocycles. The zero-order valence-corrected chi connectivity index (χ0v) is 13.5. The minimum atomic E-state index is -0.0746. The summed E-state index contributed by atoms with van der Waals surface area (Å²) in [5.41, 5.74) is 0.826. The van der Waals surface area contributed by atoms with Crippen molar-refractivity contribution >= 4 is 35.8 Å². The van der Waals surface area contributed by atoms with E-state index in [1.165, 1.54) is 12.8 Å². The standard InChI is InChI=1S/C15H20N2O2S.ClH/c18-15(14-9-20-10-16-14)17-11-5-7-13(8-6-11)19-12-3-1-2-4-12;/h5-8,12,14,16H,1-4,9-10H2,(H,17,18);1H. The number of carbonyl (C=O) groups excluding carboxylic acids is 1. The van der Waals surface area contributed by atoms with E-state index in [1.807, 2.05) is 24.3 Å². The highest BCUT2D eigenvalue weighted by atomic mass is 35.5. The van der Waals surface area contributed by atoms with Crippen molar-refractivity contribution in [1.82, 2.24) is 5.32 Å². The fourth-order valence-corrected chi connectivity index (χ4v) is 3.55. The fraction of sp³-hybridized carbons (Fsp3) is 0.533. The average Bonchev–Trinajstić information content (AvgIpc) is 3.13. The zero-order chi connectivity index (χ0) is 13.8. The maximum atomic E-state index is 12.0. The van der Waals surface area contributed by atoms with Crippen LogP contribution in [0, 0.1) is 0 Å². The third-order valence-electron chi connectivity index (χ3n) is 3.76. The fourth-order valence-electron chi connectivity index (χ4n) is 2.61. The Morgan fingerprint density at radius 3 is 2.57 bits per heavy atom. The van der Waals surface area contributed by atoms with E-state index in [-0.39, 0.29) is 24.4 Å². The molecular formula is C15H21ClN2O2S. The van der Waals surface area contributed by atoms with Crippen molar-refractivity contribution in [1.29, 1.82) is 0 Å². The summed E-state index contributed by atoms with van der Waals surface area (Å²) in [6.07, 6.45) is 5.22. The highest BCUT2D eigenvalue weighted by Crippen LogP contribution is 2.25. The summed E-state index contributed by atoms with van der Waals surface area (Å²) in [7, 11) is 0. The first-order valence-corrected chi connectivity index (χ1v) is 8.35. The van der Waals surface area contributed by atoms with Crippen LogP contribution in [0.5, 0.6) is 5.75 Å². The number of rotatable bonds is 4. The minimum absolute atomic E-state index is 0. The van der Waals surface area contributed by atoms with Crippen LogP contribution in [-0.4, -0.2) is 29.7 Å². The second kappa shape index (κ2) is 7.92. The summed E-state index contributed by atoms with van der Waals surface area (Å²) in [5.74, 6) is 2.63. The summed E-state index contributed by atoms with van der Waals surface area (Å²) in [6.45, 7) is 0. The van der Waals surface area contributed by atoms with Gasteiger partial charge in [-0.2, -0.15) is 0 Å². The molecule has 0 radical (unpaired) electrons. The molecule has 2 fully saturated rings. The van der Waals surface area contributed by atoms with Gasteiger partial charge in [0.1, 0.15) is 5.75 Å². The predicted molar refractivity (Wildman–Crippen MR) is 89.5 cm³/mol. The van der Waals surface area contributed by atoms with Gasteiger partial charge in [0, 0.05) is 17.3 Å². The molecule has 2 aliphatic rings. The van der Waals surface area contributed by atoms with Gasteiger partial charge in [0.2, 0.25) is 5.91 Å². The molecule has 1 saturated heterocycles. The van der Waals surface area contributed by atoms with Gasteiger partial charge in [0.05, 0.1) is 12.1 Å². The third kappa shape index (κ3) is 4.53. The lowest BCUT2D eigenvalue weighted by molar-refractivity contribution is -0.117. The molecule has 0 bridgehead atoms. The molecule has 1 unspecified atom stereocenters. The molecule has 1 atom stereocenters. The minimum Gasteiger partial charge on any atom is -0.490 e. The number of anilines is 1. The largest absolute Gasteiger partial charge is 0.490 e. The Bertz CT molecular complexity index is 457. The van der Waals surface area contributed by atoms with E-state index in [2.05, 4.69) is 10.6 Å². The normalized spacial score (nSPS) is 21.8. The van der Waals surface area contributed by atoms with Crippen LogP contribution >= 0.6 is 24.2 Å². The molecule has 4 nitrogen and oxygen atoms in total. The number of carbonyl (C=O) groups is 1. The van der Waals surface area contributed by atoms with Crippen LogP contribution in [-0.2, 0) is 4.79 Å². The number of amides is 1. The molecule has 1 saturated carbocycles. The SMILES string of the molecule is Cl.O=C(Nc1ccc(OC2CCCC2)cc1)C1CSCN1. The molecule has 2 N–H and O–H groups in total. The molecule has 3 rings (SSSR count). The first-order valence-electron chi connectivity index (χ1n) is 7.20. The molecule has 0 aromatic heterocycles. The Morgan fingerprint density at radius 2 is 1.95 bits per heavy atom. The number of ether oxygens (including phenoxy) is 1. The second-order valence-corrected chi connectivity index (χ2v) is 6.34. The quantitative estimate of drug-likeness (QED) is 0.892. The van der Waals surface area contributed by atoms with Gasteiger partial charge >= 0.3 is 0 Å². The Kier molecular flexibility index (Phi) is 6.21. The van der Waals surface area contributed by atoms with Gasteiger partial charge in [-0.1, -0.05) is 0 Å². The first-order chi connectivity index (χ1) is 9.81. The predicted octanol–water partition coefficient (Wildman–Crippen LogP) is 3.03. The van der Waals surface area contributed by atoms with E-state index >= 15 is 0 Å². The van der Waals surface area contributed by atoms with Crippen molar-refractivity contribution in [3.63, 3.8) is 0 Å². The maximum Gasteiger partial charge on any atom is 0.242 e. The summed E-state index contributed by atoms with van der Waals surface area (Å²) >= 11 is 1.75. The van der Waals surface area contributed by atoms with Crippen LogP contribution in [0.1, 0.15) is 25.7 Å². The number of benzene rings is 1. The van der Waals surface area contributed by atoms with Crippen molar-refractivity contribution in [2.45, 2.75) is 37.8 Å². The Balaban J connectivity index is 0.00000161. The lowest BCUT2D eigenvalue weighted by Crippen LogP contribution is -2.37. The Hall–Kier alpha value is -0.910. The van der Waals surface area contributed by atoms with E-state index in [0.717, 1.165) is 35.9 Å². The summed E-state index contributed by atoms with van der Waals surface area (Å²) in [6, 6.07) is 7.61. The summed E-state index contributed by atoms with van der Waals surface area (Å²) in [4.78, 5) is 12.0. The summed E-state index contributed by atoms with van der Waals surface area (Å²) < 4.78 is 5.91. The smallest absolute Gasteiger partial charge is 0.242 e. The van der Waals surface area contributed by atoms with Gasteiger partial charge in [-0.3, -0.25) is 10.1 Å². The van der Waals surface area contributed by atoms with E-state index in [9.17, 15) is 4.79 Å². The van der Waals surface area contributed by atoms with Crippen molar-refractivity contribution in [3.05, 3.63) is 24.3 Å². The van der Waals surface area contributed by atoms with E-state index in [0.29, 0.717) is 6.10 Å². The lowest BCUT2D eigenvalue weighted by Gasteiger charge is -2.14. The molecule has 21 heavy (non-hydrogen) atoms. The molecule has 1 aromatic rings. The average molecular weight is 329 g/mol. The maximum absolute atomic E-state index is 12.0. The van der Waals surface area contributed by atoms with Gasteiger partial charge in [0.15, 0.2) is 0 Å². The lowest BCUT2D eigenvalue weighted by atomic mass is 10.2. The second-order valence-electron chi connectivity index (χ2n) is 5.31. The number of nitrogens with one attached hydrogen (secondary N) is 2. The molecular weight excluding hydrogens is 308 g/mol. The molecule has 0 spiro atoms. The van der Waals surface area contributed by atoms with Crippen LogP contribution in [0.4, 0.5) is 5.69 Å². The van der Waals surface area contributed by atoms with Crippen molar-refractivity contribution < 1.29 is 9.53 Å². The molecule has 1 aliphatic heterocycles. The number of halogens is 1. The molecule has 116 valence electrons. The molecule has 1 heterocycles. The van der Waals surface area contributed by atoms with Gasteiger partial charge in [-0.15, -0.1) is 24.2 Å². The van der Waals surface area contributed by atoms with Crippen LogP contribution in [0.25, 0.3) is 0 Å². The van der Waals surface area contributed by atoms with E-state index in [4.69, 9.17) is 4.74 Å². The molecule has 1 amide bonds. The van der Waals surface area contributed by atoms with Gasteiger partial charge < -0.3 is 10.1 Å². The summed E-state index contributed by atoms with van der Waals surface area (Å²) in [5, 5.41) is 6.10. The Labute approximate surface area is 135 Å². The highest BCUT2D eigenvalue weighted by molar-refractivity contribution is 7.99. The van der Waals surface area contributed by atoms with Crippen molar-refractivity contribution in [2.75, 3.05) is 16.9 Å². The topological polar surface area (TPSA) is 50.4 Å². The van der Waals surface area contributed by atoms with Gasteiger partial charge in [-0.05, 0) is 49.9 Å². The highest BCUT2D eigenvalue weighted by Gasteiger charge is 2.22. The third-order valence-corrected chi connectivity index (χ3v) is 4.70. The van der Waals surface area contributed by atoms with E-state index in [1.54, 1.807) is 11.8 Å². The number of hydrogen-bond donors (Lipinski definition) is 2. The zero-order valence-electron chi connectivity index (χ0n) is 11.8. The number of thioether (sulfide) groups is 1. The van der Waals surface area contributed by atoms with Crippen LogP contribution in [0.2, 0.25) is 0 Å². The van der Waals surface area contributed by atoms with Crippen molar-refractivity contribution in [2.24, 2.45) is 0 Å². The monoisotopic (exact) mass is 328 g/mol. The van der Waals surface area contributed by atoms with Crippen LogP contribution in [0.3, 0.4) is 0 Å². The Morgan fingerprint density at radius 1 is 1.24 bits per heavy atom.